The van der Waals surface area contributed by atoms with Crippen LogP contribution in [0.25, 0.3) is 0 Å². The fourth-order valence-electron chi connectivity index (χ4n) is 2.08. The standard InChI is InChI=1S/C15H25N3/c1-3-5-10-18(4-2)15-11-13(8-9-16-15)12-17-14-6-7-14/h8-9,11,14,17H,3-7,10,12H2,1-2H3. The van der Waals surface area contributed by atoms with Gasteiger partial charge in [-0.1, -0.05) is 13.3 Å². The molecule has 0 bridgehead atoms. The van der Waals surface area contributed by atoms with Crippen molar-refractivity contribution >= 4 is 5.82 Å². The van der Waals surface area contributed by atoms with Crippen molar-refractivity contribution in [3.63, 3.8) is 0 Å². The zero-order chi connectivity index (χ0) is 12.8. The van der Waals surface area contributed by atoms with E-state index in [0.717, 1.165) is 31.5 Å². The number of nitrogens with zero attached hydrogens (tertiary/aromatic N) is 2. The summed E-state index contributed by atoms with van der Waals surface area (Å²) in [6, 6.07) is 5.12. The van der Waals surface area contributed by atoms with E-state index in [-0.39, 0.29) is 0 Å². The number of aromatic nitrogens is 1. The molecule has 1 saturated carbocycles. The first-order valence-electron chi connectivity index (χ1n) is 7.26. The third kappa shape index (κ3) is 3.98. The molecule has 0 amide bonds. The van der Waals surface area contributed by atoms with Crippen molar-refractivity contribution in [1.29, 1.82) is 0 Å². The Labute approximate surface area is 111 Å². The van der Waals surface area contributed by atoms with Gasteiger partial charge in [0.15, 0.2) is 0 Å². The van der Waals surface area contributed by atoms with E-state index in [0.29, 0.717) is 0 Å². The Morgan fingerprint density at radius 2 is 2.22 bits per heavy atom. The topological polar surface area (TPSA) is 28.2 Å². The Hall–Kier alpha value is -1.09. The molecule has 100 valence electrons. The molecule has 1 aromatic rings. The van der Waals surface area contributed by atoms with Crippen LogP contribution in [0.3, 0.4) is 0 Å². The highest BCUT2D eigenvalue weighted by Crippen LogP contribution is 2.20. The van der Waals surface area contributed by atoms with Crippen molar-refractivity contribution in [3.8, 4) is 0 Å². The van der Waals surface area contributed by atoms with Crippen LogP contribution in [0.2, 0.25) is 0 Å². The van der Waals surface area contributed by atoms with E-state index in [2.05, 4.69) is 41.2 Å². The van der Waals surface area contributed by atoms with Crippen LogP contribution >= 0.6 is 0 Å². The number of rotatable bonds is 8. The Morgan fingerprint density at radius 1 is 1.39 bits per heavy atom. The SMILES string of the molecule is CCCCN(CC)c1cc(CNC2CC2)ccn1. The third-order valence-electron chi connectivity index (χ3n) is 3.47. The summed E-state index contributed by atoms with van der Waals surface area (Å²) in [6.45, 7) is 7.56. The summed E-state index contributed by atoms with van der Waals surface area (Å²) in [7, 11) is 0. The van der Waals surface area contributed by atoms with Gasteiger partial charge in [-0.15, -0.1) is 0 Å². The molecule has 1 aliphatic carbocycles. The van der Waals surface area contributed by atoms with Crippen LogP contribution in [0, 0.1) is 0 Å². The maximum atomic E-state index is 4.50. The highest BCUT2D eigenvalue weighted by atomic mass is 15.2. The molecule has 1 N–H and O–H groups in total. The van der Waals surface area contributed by atoms with Crippen LogP contribution in [-0.2, 0) is 6.54 Å². The van der Waals surface area contributed by atoms with Crippen molar-refractivity contribution in [2.45, 2.75) is 52.1 Å². The van der Waals surface area contributed by atoms with Gasteiger partial charge in [-0.3, -0.25) is 0 Å². The molecule has 1 aliphatic rings. The molecule has 18 heavy (non-hydrogen) atoms. The Morgan fingerprint density at radius 3 is 2.89 bits per heavy atom. The quantitative estimate of drug-likeness (QED) is 0.765. The normalized spacial score (nSPS) is 14.8. The van der Waals surface area contributed by atoms with Crippen LogP contribution in [0.4, 0.5) is 5.82 Å². The minimum absolute atomic E-state index is 0.768. The lowest BCUT2D eigenvalue weighted by atomic mass is 10.2. The predicted octanol–water partition coefficient (Wildman–Crippen LogP) is 2.96. The highest BCUT2D eigenvalue weighted by Gasteiger charge is 2.20. The largest absolute Gasteiger partial charge is 0.357 e. The highest BCUT2D eigenvalue weighted by molar-refractivity contribution is 5.40. The second-order valence-corrected chi connectivity index (χ2v) is 5.11. The molecule has 0 spiro atoms. The van der Waals surface area contributed by atoms with Crippen LogP contribution < -0.4 is 10.2 Å². The summed E-state index contributed by atoms with van der Waals surface area (Å²) in [6.07, 6.45) is 7.10. The van der Waals surface area contributed by atoms with Crippen molar-refractivity contribution in [3.05, 3.63) is 23.9 Å². The number of unbranched alkanes of at least 4 members (excludes halogenated alkanes) is 1. The molecular weight excluding hydrogens is 222 g/mol. The van der Waals surface area contributed by atoms with Gasteiger partial charge in [-0.25, -0.2) is 4.98 Å². The zero-order valence-corrected chi connectivity index (χ0v) is 11.7. The first-order valence-corrected chi connectivity index (χ1v) is 7.26. The minimum Gasteiger partial charge on any atom is -0.357 e. The number of anilines is 1. The third-order valence-corrected chi connectivity index (χ3v) is 3.47. The average Bonchev–Trinajstić information content (AvgIpc) is 3.22. The smallest absolute Gasteiger partial charge is 0.128 e. The minimum atomic E-state index is 0.768. The number of pyridine rings is 1. The van der Waals surface area contributed by atoms with Gasteiger partial charge < -0.3 is 10.2 Å². The van der Waals surface area contributed by atoms with Crippen molar-refractivity contribution < 1.29 is 0 Å². The summed E-state index contributed by atoms with van der Waals surface area (Å²) in [5, 5.41) is 3.55. The average molecular weight is 247 g/mol. The van der Waals surface area contributed by atoms with Gasteiger partial charge >= 0.3 is 0 Å². The molecule has 2 rings (SSSR count). The monoisotopic (exact) mass is 247 g/mol. The summed E-state index contributed by atoms with van der Waals surface area (Å²) in [4.78, 5) is 6.87. The first kappa shape index (κ1) is 13.3. The van der Waals surface area contributed by atoms with Crippen LogP contribution in [0.1, 0.15) is 45.1 Å². The fraction of sp³-hybridized carbons (Fsp3) is 0.667. The molecule has 0 saturated heterocycles. The lowest BCUT2D eigenvalue weighted by Gasteiger charge is -2.22. The zero-order valence-electron chi connectivity index (χ0n) is 11.7. The maximum absolute atomic E-state index is 4.50. The van der Waals surface area contributed by atoms with Crippen molar-refractivity contribution in [2.24, 2.45) is 0 Å². The summed E-state index contributed by atoms with van der Waals surface area (Å²) < 4.78 is 0. The van der Waals surface area contributed by atoms with Gasteiger partial charge in [0, 0.05) is 31.9 Å². The van der Waals surface area contributed by atoms with Crippen LogP contribution in [-0.4, -0.2) is 24.1 Å². The van der Waals surface area contributed by atoms with Gasteiger partial charge in [-0.05, 0) is 43.9 Å². The van der Waals surface area contributed by atoms with Gasteiger partial charge in [0.2, 0.25) is 0 Å². The van der Waals surface area contributed by atoms with E-state index >= 15 is 0 Å². The number of hydrogen-bond donors (Lipinski definition) is 1. The molecule has 0 aliphatic heterocycles. The molecule has 0 unspecified atom stereocenters. The molecule has 3 heteroatoms. The van der Waals surface area contributed by atoms with E-state index in [1.54, 1.807) is 0 Å². The number of nitrogens with one attached hydrogen (secondary N) is 1. The Balaban J connectivity index is 1.94. The van der Waals surface area contributed by atoms with Gasteiger partial charge in [0.1, 0.15) is 5.82 Å². The summed E-state index contributed by atoms with van der Waals surface area (Å²) >= 11 is 0. The van der Waals surface area contributed by atoms with E-state index in [1.807, 2.05) is 6.20 Å². The lowest BCUT2D eigenvalue weighted by molar-refractivity contribution is 0.684. The summed E-state index contributed by atoms with van der Waals surface area (Å²) in [5.74, 6) is 1.13. The molecule has 3 nitrogen and oxygen atoms in total. The van der Waals surface area contributed by atoms with E-state index < -0.39 is 0 Å². The Bertz CT molecular complexity index is 361. The number of hydrogen-bond acceptors (Lipinski definition) is 3. The summed E-state index contributed by atoms with van der Waals surface area (Å²) in [5.41, 5.74) is 1.35. The second-order valence-electron chi connectivity index (χ2n) is 5.11. The molecular formula is C15H25N3. The second kappa shape index (κ2) is 6.74. The van der Waals surface area contributed by atoms with Gasteiger partial charge in [0.25, 0.3) is 0 Å². The van der Waals surface area contributed by atoms with Crippen molar-refractivity contribution in [1.82, 2.24) is 10.3 Å². The Kier molecular flexibility index (Phi) is 5.00. The van der Waals surface area contributed by atoms with E-state index in [4.69, 9.17) is 0 Å². The molecule has 0 aromatic carbocycles. The molecule has 0 atom stereocenters. The lowest BCUT2D eigenvalue weighted by Crippen LogP contribution is -2.25. The fourth-order valence-corrected chi connectivity index (χ4v) is 2.08. The van der Waals surface area contributed by atoms with E-state index in [9.17, 15) is 0 Å². The molecule has 1 aromatic heterocycles. The van der Waals surface area contributed by atoms with Crippen molar-refractivity contribution in [2.75, 3.05) is 18.0 Å². The molecule has 1 heterocycles. The molecule has 0 radical (unpaired) electrons. The first-order chi connectivity index (χ1) is 8.83. The predicted molar refractivity (Wildman–Crippen MR) is 76.9 cm³/mol. The van der Waals surface area contributed by atoms with Crippen LogP contribution in [0.5, 0.6) is 0 Å². The van der Waals surface area contributed by atoms with Gasteiger partial charge in [0.05, 0.1) is 0 Å². The van der Waals surface area contributed by atoms with Gasteiger partial charge in [-0.2, -0.15) is 0 Å². The van der Waals surface area contributed by atoms with E-state index in [1.165, 1.54) is 31.2 Å². The molecule has 1 fully saturated rings. The maximum Gasteiger partial charge on any atom is 0.128 e. The van der Waals surface area contributed by atoms with Crippen LogP contribution in [0.15, 0.2) is 18.3 Å².